The molecule has 2 aromatic carbocycles. The van der Waals surface area contributed by atoms with E-state index in [9.17, 15) is 13.2 Å². The Morgan fingerprint density at radius 1 is 1.07 bits per heavy atom. The lowest BCUT2D eigenvalue weighted by Crippen LogP contribution is -2.57. The van der Waals surface area contributed by atoms with Gasteiger partial charge in [-0.25, -0.2) is 13.6 Å². The van der Waals surface area contributed by atoms with Gasteiger partial charge in [-0.05, 0) is 68.2 Å². The molecule has 2 aromatic rings. The maximum absolute atomic E-state index is 12.6. The first-order chi connectivity index (χ1) is 13.4. The fourth-order valence-corrected chi connectivity index (χ4v) is 4.61. The third kappa shape index (κ3) is 4.04. The minimum absolute atomic E-state index is 0.0841. The molecule has 0 saturated carbocycles. The van der Waals surface area contributed by atoms with Crippen LogP contribution in [0.25, 0.3) is 0 Å². The minimum Gasteiger partial charge on any atom is -0.456 e. The zero-order chi connectivity index (χ0) is 19.7. The molecule has 5 rings (SSSR count). The minimum atomic E-state index is -3.89. The lowest BCUT2D eigenvalue weighted by molar-refractivity contribution is 0.0620. The van der Waals surface area contributed by atoms with E-state index in [1.807, 2.05) is 0 Å². The molecule has 3 heterocycles. The largest absolute Gasteiger partial charge is 0.456 e. The molecule has 3 aliphatic heterocycles. The van der Waals surface area contributed by atoms with Crippen molar-refractivity contribution in [1.82, 2.24) is 10.2 Å². The highest BCUT2D eigenvalue weighted by Gasteiger charge is 2.34. The van der Waals surface area contributed by atoms with Crippen LogP contribution in [0.3, 0.4) is 0 Å². The van der Waals surface area contributed by atoms with Gasteiger partial charge in [-0.2, -0.15) is 0 Å². The second-order valence-electron chi connectivity index (χ2n) is 7.34. The Balaban J connectivity index is 1.44. The van der Waals surface area contributed by atoms with E-state index in [2.05, 4.69) is 10.2 Å². The van der Waals surface area contributed by atoms with Gasteiger partial charge >= 0.3 is 0 Å². The van der Waals surface area contributed by atoms with E-state index in [1.54, 1.807) is 36.4 Å². The monoisotopic (exact) mass is 401 g/mol. The normalized spacial score (nSPS) is 24.0. The van der Waals surface area contributed by atoms with Crippen molar-refractivity contribution in [2.75, 3.05) is 19.6 Å². The highest BCUT2D eigenvalue weighted by atomic mass is 32.2. The number of sulfonamides is 1. The van der Waals surface area contributed by atoms with Gasteiger partial charge in [-0.1, -0.05) is 12.1 Å². The first-order valence-electron chi connectivity index (χ1n) is 9.33. The molecule has 3 aliphatic rings. The summed E-state index contributed by atoms with van der Waals surface area (Å²) in [6.45, 7) is 3.17. The van der Waals surface area contributed by atoms with Crippen molar-refractivity contribution in [3.63, 3.8) is 0 Å². The van der Waals surface area contributed by atoms with Gasteiger partial charge in [0.1, 0.15) is 16.4 Å². The molecule has 2 bridgehead atoms. The molecule has 0 radical (unpaired) electrons. The van der Waals surface area contributed by atoms with E-state index in [0.717, 1.165) is 32.5 Å². The fourth-order valence-electron chi connectivity index (χ4n) is 3.95. The lowest BCUT2D eigenvalue weighted by atomic mass is 9.84. The summed E-state index contributed by atoms with van der Waals surface area (Å²) in [6.07, 6.45) is 2.28. The van der Waals surface area contributed by atoms with Gasteiger partial charge in [0.2, 0.25) is 10.0 Å². The fraction of sp³-hybridized carbons (Fsp3) is 0.350. The Morgan fingerprint density at radius 3 is 2.36 bits per heavy atom. The summed E-state index contributed by atoms with van der Waals surface area (Å²) in [4.78, 5) is 14.9. The van der Waals surface area contributed by atoms with Gasteiger partial charge in [0, 0.05) is 18.2 Å². The number of primary sulfonamides is 1. The molecule has 7 nitrogen and oxygen atoms in total. The van der Waals surface area contributed by atoms with E-state index < -0.39 is 10.0 Å². The number of nitrogens with two attached hydrogens (primary N) is 1. The highest BCUT2D eigenvalue weighted by molar-refractivity contribution is 7.89. The maximum Gasteiger partial charge on any atom is 0.251 e. The van der Waals surface area contributed by atoms with Gasteiger partial charge in [0.15, 0.2) is 0 Å². The van der Waals surface area contributed by atoms with Crippen molar-refractivity contribution in [2.45, 2.75) is 23.8 Å². The molecule has 28 heavy (non-hydrogen) atoms. The molecular weight excluding hydrogens is 378 g/mol. The van der Waals surface area contributed by atoms with E-state index in [0.29, 0.717) is 17.2 Å². The molecule has 3 saturated heterocycles. The van der Waals surface area contributed by atoms with Gasteiger partial charge < -0.3 is 15.0 Å². The van der Waals surface area contributed by atoms with Gasteiger partial charge in [0.25, 0.3) is 5.91 Å². The summed E-state index contributed by atoms with van der Waals surface area (Å²) >= 11 is 0. The Labute approximate surface area is 164 Å². The number of amides is 1. The maximum atomic E-state index is 12.6. The van der Waals surface area contributed by atoms with Crippen molar-refractivity contribution in [1.29, 1.82) is 0 Å². The zero-order valence-corrected chi connectivity index (χ0v) is 16.2. The molecule has 3 N–H and O–H groups in total. The number of para-hydroxylation sites is 1. The van der Waals surface area contributed by atoms with Crippen LogP contribution in [0.2, 0.25) is 0 Å². The first-order valence-corrected chi connectivity index (χ1v) is 10.9. The van der Waals surface area contributed by atoms with Crippen molar-refractivity contribution in [3.05, 3.63) is 54.1 Å². The first kappa shape index (κ1) is 18.9. The summed E-state index contributed by atoms with van der Waals surface area (Å²) in [5.41, 5.74) is 0.545. The zero-order valence-electron chi connectivity index (χ0n) is 15.4. The summed E-state index contributed by atoms with van der Waals surface area (Å²) in [7, 11) is -3.89. The molecular formula is C20H23N3O4S. The van der Waals surface area contributed by atoms with E-state index >= 15 is 0 Å². The second kappa shape index (κ2) is 7.54. The Kier molecular flexibility index (Phi) is 5.09. The van der Waals surface area contributed by atoms with Gasteiger partial charge in [0.05, 0.1) is 0 Å². The van der Waals surface area contributed by atoms with Crippen LogP contribution >= 0.6 is 0 Å². The van der Waals surface area contributed by atoms with Crippen LogP contribution in [0.5, 0.6) is 11.5 Å². The van der Waals surface area contributed by atoms with Crippen LogP contribution in [-0.4, -0.2) is 44.9 Å². The number of piperidine rings is 3. The lowest BCUT2D eigenvalue weighted by Gasteiger charge is -2.44. The highest BCUT2D eigenvalue weighted by Crippen LogP contribution is 2.29. The summed E-state index contributed by atoms with van der Waals surface area (Å²) in [5.74, 6) is 1.03. The number of hydrogen-bond donors (Lipinski definition) is 2. The number of ether oxygens (including phenoxy) is 1. The average Bonchev–Trinajstić information content (AvgIpc) is 2.69. The molecule has 0 unspecified atom stereocenters. The van der Waals surface area contributed by atoms with Gasteiger partial charge in [-0.15, -0.1) is 0 Å². The Hall–Kier alpha value is -2.42. The molecule has 0 aliphatic carbocycles. The third-order valence-electron chi connectivity index (χ3n) is 5.47. The van der Waals surface area contributed by atoms with Crippen molar-refractivity contribution in [2.24, 2.45) is 11.1 Å². The van der Waals surface area contributed by atoms with Crippen LogP contribution in [0.4, 0.5) is 0 Å². The molecule has 1 atom stereocenters. The van der Waals surface area contributed by atoms with Crippen molar-refractivity contribution >= 4 is 15.9 Å². The number of rotatable bonds is 5. The van der Waals surface area contributed by atoms with Gasteiger partial charge in [-0.3, -0.25) is 4.79 Å². The van der Waals surface area contributed by atoms with E-state index in [4.69, 9.17) is 9.88 Å². The number of fused-ring (bicyclic) bond motifs is 3. The molecule has 0 spiro atoms. The SMILES string of the molecule is NS(=O)(=O)c1ccccc1Oc1ccc(C(=O)N[C@H]2CN3CCC2CC3)cc1. The summed E-state index contributed by atoms with van der Waals surface area (Å²) < 4.78 is 29.0. The Morgan fingerprint density at radius 2 is 1.75 bits per heavy atom. The van der Waals surface area contributed by atoms with Crippen LogP contribution in [0.15, 0.2) is 53.4 Å². The van der Waals surface area contributed by atoms with E-state index in [1.165, 1.54) is 12.1 Å². The topological polar surface area (TPSA) is 102 Å². The van der Waals surface area contributed by atoms with Crippen molar-refractivity contribution < 1.29 is 17.9 Å². The number of carbonyl (C=O) groups is 1. The summed E-state index contributed by atoms with van der Waals surface area (Å²) in [5, 5.41) is 8.37. The van der Waals surface area contributed by atoms with Crippen LogP contribution < -0.4 is 15.2 Å². The quantitative estimate of drug-likeness (QED) is 0.797. The predicted octanol–water partition coefficient (Wildman–Crippen LogP) is 1.95. The standard InChI is InChI=1S/C20H23N3O4S/c21-28(25,26)19-4-2-1-3-18(19)27-16-7-5-15(6-8-16)20(24)22-17-13-23-11-9-14(17)10-12-23/h1-8,14,17H,9-13H2,(H,22,24)(H2,21,25,26)/t17-/m0/s1. The molecule has 3 fully saturated rings. The second-order valence-corrected chi connectivity index (χ2v) is 8.87. The smallest absolute Gasteiger partial charge is 0.251 e. The number of nitrogens with one attached hydrogen (secondary N) is 1. The van der Waals surface area contributed by atoms with Crippen LogP contribution in [-0.2, 0) is 10.0 Å². The average molecular weight is 401 g/mol. The molecule has 1 amide bonds. The Bertz CT molecular complexity index is 967. The van der Waals surface area contributed by atoms with E-state index in [-0.39, 0.29) is 22.6 Å². The third-order valence-corrected chi connectivity index (χ3v) is 6.42. The number of hydrogen-bond acceptors (Lipinski definition) is 5. The molecule has 148 valence electrons. The molecule has 0 aromatic heterocycles. The predicted molar refractivity (Wildman–Crippen MR) is 105 cm³/mol. The van der Waals surface area contributed by atoms with Crippen LogP contribution in [0.1, 0.15) is 23.2 Å². The number of nitrogens with zero attached hydrogens (tertiary/aromatic N) is 1. The molecule has 8 heteroatoms. The number of benzene rings is 2. The van der Waals surface area contributed by atoms with Crippen LogP contribution in [0, 0.1) is 5.92 Å². The van der Waals surface area contributed by atoms with Crippen molar-refractivity contribution in [3.8, 4) is 11.5 Å². The summed E-state index contributed by atoms with van der Waals surface area (Å²) in [6, 6.07) is 13.0. The number of carbonyl (C=O) groups excluding carboxylic acids is 1.